The van der Waals surface area contributed by atoms with Gasteiger partial charge in [-0.15, -0.1) is 0 Å². The van der Waals surface area contributed by atoms with Crippen LogP contribution in [0.1, 0.15) is 42.9 Å². The molecule has 0 saturated heterocycles. The molecule has 0 spiro atoms. The van der Waals surface area contributed by atoms with Crippen molar-refractivity contribution in [3.63, 3.8) is 0 Å². The van der Waals surface area contributed by atoms with Crippen molar-refractivity contribution in [1.29, 1.82) is 0 Å². The summed E-state index contributed by atoms with van der Waals surface area (Å²) in [4.78, 5) is 0. The molecule has 2 atom stereocenters. The number of rotatable bonds is 2. The van der Waals surface area contributed by atoms with E-state index in [4.69, 9.17) is 10.3 Å². The predicted molar refractivity (Wildman–Crippen MR) is 79.3 cm³/mol. The Labute approximate surface area is 119 Å². The van der Waals surface area contributed by atoms with Crippen molar-refractivity contribution in [2.75, 3.05) is 5.73 Å². The molecule has 3 heteroatoms. The van der Waals surface area contributed by atoms with Gasteiger partial charge in [-0.2, -0.15) is 0 Å². The van der Waals surface area contributed by atoms with Crippen molar-refractivity contribution < 1.29 is 4.52 Å². The van der Waals surface area contributed by atoms with Crippen molar-refractivity contribution >= 4 is 5.88 Å². The lowest BCUT2D eigenvalue weighted by Gasteiger charge is -2.05. The first-order valence-corrected chi connectivity index (χ1v) is 7.58. The minimum absolute atomic E-state index is 0.470. The summed E-state index contributed by atoms with van der Waals surface area (Å²) in [5.74, 6) is 2.68. The molecule has 2 aromatic rings. The van der Waals surface area contributed by atoms with Crippen LogP contribution in [0.15, 0.2) is 28.8 Å². The molecule has 2 unspecified atom stereocenters. The number of nitrogens with two attached hydrogens (primary N) is 1. The molecule has 3 nitrogen and oxygen atoms in total. The number of hydrogen-bond acceptors (Lipinski definition) is 3. The summed E-state index contributed by atoms with van der Waals surface area (Å²) in [6, 6.07) is 8.34. The second-order valence-corrected chi connectivity index (χ2v) is 6.26. The van der Waals surface area contributed by atoms with Crippen LogP contribution < -0.4 is 5.73 Å². The molecule has 0 amide bonds. The molecule has 2 aliphatic carbocycles. The Morgan fingerprint density at radius 2 is 1.85 bits per heavy atom. The number of hydrogen-bond donors (Lipinski definition) is 1. The van der Waals surface area contributed by atoms with Crippen molar-refractivity contribution in [2.24, 2.45) is 11.8 Å². The normalized spacial score (nSPS) is 28.1. The van der Waals surface area contributed by atoms with Gasteiger partial charge in [0.2, 0.25) is 5.88 Å². The minimum Gasteiger partial charge on any atom is -0.367 e. The number of aromatic nitrogens is 1. The van der Waals surface area contributed by atoms with Crippen LogP contribution in [0.25, 0.3) is 11.1 Å². The second kappa shape index (κ2) is 4.37. The highest BCUT2D eigenvalue weighted by Crippen LogP contribution is 2.62. The summed E-state index contributed by atoms with van der Waals surface area (Å²) in [7, 11) is 0. The van der Waals surface area contributed by atoms with E-state index in [-0.39, 0.29) is 0 Å². The van der Waals surface area contributed by atoms with Crippen molar-refractivity contribution in [1.82, 2.24) is 5.16 Å². The SMILES string of the molecule is Cc1ccccc1-c1c(C2C3CCCCC32)noc1N. The summed E-state index contributed by atoms with van der Waals surface area (Å²) in [6.45, 7) is 2.12. The maximum absolute atomic E-state index is 6.07. The first-order chi connectivity index (χ1) is 9.77. The second-order valence-electron chi connectivity index (χ2n) is 6.26. The quantitative estimate of drug-likeness (QED) is 0.890. The van der Waals surface area contributed by atoms with Gasteiger partial charge in [-0.25, -0.2) is 0 Å². The third kappa shape index (κ3) is 1.69. The monoisotopic (exact) mass is 268 g/mol. The molecule has 104 valence electrons. The van der Waals surface area contributed by atoms with Gasteiger partial charge < -0.3 is 10.3 Å². The van der Waals surface area contributed by atoms with Crippen molar-refractivity contribution in [3.8, 4) is 11.1 Å². The van der Waals surface area contributed by atoms with Crippen LogP contribution in [0.3, 0.4) is 0 Å². The highest BCUT2D eigenvalue weighted by Gasteiger charge is 2.53. The van der Waals surface area contributed by atoms with E-state index in [1.165, 1.54) is 36.8 Å². The smallest absolute Gasteiger partial charge is 0.230 e. The third-order valence-corrected chi connectivity index (χ3v) is 5.13. The van der Waals surface area contributed by atoms with Gasteiger partial charge in [-0.05, 0) is 42.7 Å². The summed E-state index contributed by atoms with van der Waals surface area (Å²) >= 11 is 0. The Hall–Kier alpha value is -1.77. The molecular formula is C17H20N2O. The lowest BCUT2D eigenvalue weighted by molar-refractivity contribution is 0.426. The number of benzene rings is 1. The summed E-state index contributed by atoms with van der Waals surface area (Å²) in [5, 5.41) is 4.32. The van der Waals surface area contributed by atoms with Gasteiger partial charge in [-0.3, -0.25) is 0 Å². The summed E-state index contributed by atoms with van der Waals surface area (Å²) in [6.07, 6.45) is 5.42. The van der Waals surface area contributed by atoms with Gasteiger partial charge in [0.25, 0.3) is 0 Å². The largest absolute Gasteiger partial charge is 0.367 e. The molecule has 1 aromatic heterocycles. The van der Waals surface area contributed by atoms with E-state index >= 15 is 0 Å². The van der Waals surface area contributed by atoms with E-state index in [1.807, 2.05) is 0 Å². The molecule has 1 heterocycles. The first kappa shape index (κ1) is 12.0. The maximum Gasteiger partial charge on any atom is 0.230 e. The Balaban J connectivity index is 1.78. The van der Waals surface area contributed by atoms with Gasteiger partial charge in [0, 0.05) is 5.92 Å². The van der Waals surface area contributed by atoms with E-state index in [0.717, 1.165) is 23.1 Å². The van der Waals surface area contributed by atoms with Crippen molar-refractivity contribution in [2.45, 2.75) is 38.5 Å². The average Bonchev–Trinajstić information content (AvgIpc) is 3.08. The molecule has 20 heavy (non-hydrogen) atoms. The van der Waals surface area contributed by atoms with E-state index in [1.54, 1.807) is 0 Å². The Morgan fingerprint density at radius 3 is 2.55 bits per heavy atom. The fraction of sp³-hybridized carbons (Fsp3) is 0.471. The highest BCUT2D eigenvalue weighted by atomic mass is 16.5. The van der Waals surface area contributed by atoms with E-state index in [0.29, 0.717) is 11.8 Å². The van der Waals surface area contributed by atoms with Gasteiger partial charge in [0.1, 0.15) is 0 Å². The van der Waals surface area contributed by atoms with E-state index < -0.39 is 0 Å². The molecule has 0 radical (unpaired) electrons. The van der Waals surface area contributed by atoms with Crippen LogP contribution in [0.4, 0.5) is 5.88 Å². The van der Waals surface area contributed by atoms with Gasteiger partial charge in [0.15, 0.2) is 0 Å². The van der Waals surface area contributed by atoms with Crippen LogP contribution in [-0.2, 0) is 0 Å². The fourth-order valence-corrected chi connectivity index (χ4v) is 4.07. The Kier molecular flexibility index (Phi) is 2.62. The molecule has 0 bridgehead atoms. The number of fused-ring (bicyclic) bond motifs is 1. The lowest BCUT2D eigenvalue weighted by atomic mass is 9.98. The van der Waals surface area contributed by atoms with Crippen LogP contribution in [0.2, 0.25) is 0 Å². The molecule has 1 aromatic carbocycles. The van der Waals surface area contributed by atoms with Crippen molar-refractivity contribution in [3.05, 3.63) is 35.5 Å². The molecule has 2 N–H and O–H groups in total. The van der Waals surface area contributed by atoms with Crippen LogP contribution in [0.5, 0.6) is 0 Å². The zero-order valence-electron chi connectivity index (χ0n) is 11.8. The van der Waals surface area contributed by atoms with Crippen LogP contribution >= 0.6 is 0 Å². The van der Waals surface area contributed by atoms with E-state index in [9.17, 15) is 0 Å². The van der Waals surface area contributed by atoms with E-state index in [2.05, 4.69) is 36.3 Å². The third-order valence-electron chi connectivity index (χ3n) is 5.13. The van der Waals surface area contributed by atoms with Gasteiger partial charge in [0.05, 0.1) is 11.3 Å². The molecule has 2 aliphatic rings. The average molecular weight is 268 g/mol. The number of anilines is 1. The Bertz CT molecular complexity index is 634. The predicted octanol–water partition coefficient (Wildman–Crippen LogP) is 4.14. The number of aryl methyl sites for hydroxylation is 1. The zero-order chi connectivity index (χ0) is 13.7. The number of nitrogens with zero attached hydrogens (tertiary/aromatic N) is 1. The standard InChI is InChI=1S/C17H20N2O/c1-10-6-2-3-7-11(10)15-16(19-20-17(15)18)14-12-8-4-5-9-13(12)14/h2-3,6-7,12-14H,4-5,8-9,18H2,1H3. The first-order valence-electron chi connectivity index (χ1n) is 7.58. The van der Waals surface area contributed by atoms with Gasteiger partial charge in [-0.1, -0.05) is 42.3 Å². The molecule has 2 fully saturated rings. The summed E-state index contributed by atoms with van der Waals surface area (Å²) in [5.41, 5.74) is 10.6. The number of nitrogen functional groups attached to an aromatic ring is 1. The fourth-order valence-electron chi connectivity index (χ4n) is 4.07. The molecule has 0 aliphatic heterocycles. The molecular weight excluding hydrogens is 248 g/mol. The zero-order valence-corrected chi connectivity index (χ0v) is 11.8. The van der Waals surface area contributed by atoms with Crippen LogP contribution in [-0.4, -0.2) is 5.16 Å². The summed E-state index contributed by atoms with van der Waals surface area (Å²) < 4.78 is 5.34. The van der Waals surface area contributed by atoms with Gasteiger partial charge >= 0.3 is 0 Å². The topological polar surface area (TPSA) is 52.0 Å². The maximum atomic E-state index is 6.07. The molecule has 4 rings (SSSR count). The highest BCUT2D eigenvalue weighted by molar-refractivity contribution is 5.78. The van der Waals surface area contributed by atoms with Crippen LogP contribution in [0, 0.1) is 18.8 Å². The lowest BCUT2D eigenvalue weighted by Crippen LogP contribution is -1.93. The molecule has 2 saturated carbocycles. The Morgan fingerprint density at radius 1 is 1.15 bits per heavy atom. The minimum atomic E-state index is 0.470.